The van der Waals surface area contributed by atoms with Gasteiger partial charge in [0.15, 0.2) is 0 Å². The van der Waals surface area contributed by atoms with Gasteiger partial charge in [-0.2, -0.15) is 0 Å². The number of nitrogens with one attached hydrogen (secondary N) is 1. The van der Waals surface area contributed by atoms with Crippen molar-refractivity contribution in [1.29, 1.82) is 0 Å². The zero-order valence-electron chi connectivity index (χ0n) is 6.68. The first-order chi connectivity index (χ1) is 5.34. The molecule has 0 spiro atoms. The lowest BCUT2D eigenvalue weighted by atomic mass is 10.1. The third-order valence-corrected chi connectivity index (χ3v) is 1.90. The average molecular weight is 157 g/mol. The van der Waals surface area contributed by atoms with Crippen LogP contribution in [0.4, 0.5) is 4.79 Å². The lowest BCUT2D eigenvalue weighted by Crippen LogP contribution is -2.44. The van der Waals surface area contributed by atoms with E-state index in [1.54, 1.807) is 0 Å². The van der Waals surface area contributed by atoms with Gasteiger partial charge >= 0.3 is 6.03 Å². The summed E-state index contributed by atoms with van der Waals surface area (Å²) in [4.78, 5) is 12.9. The van der Waals surface area contributed by atoms with E-state index in [4.69, 9.17) is 5.73 Å². The van der Waals surface area contributed by atoms with Gasteiger partial charge < -0.3 is 16.0 Å². The third-order valence-electron chi connectivity index (χ3n) is 1.90. The Labute approximate surface area is 66.7 Å². The second-order valence-corrected chi connectivity index (χ2v) is 2.73. The van der Waals surface area contributed by atoms with Crippen molar-refractivity contribution in [3.05, 3.63) is 0 Å². The van der Waals surface area contributed by atoms with Crippen molar-refractivity contribution in [3.8, 4) is 0 Å². The molecule has 11 heavy (non-hydrogen) atoms. The fourth-order valence-corrected chi connectivity index (χ4v) is 1.30. The predicted octanol–water partition coefficient (Wildman–Crippen LogP) is 0.0981. The van der Waals surface area contributed by atoms with Crippen LogP contribution >= 0.6 is 0 Å². The minimum atomic E-state index is -0.0211. The number of likely N-dealkylation sites (tertiary alicyclic amines) is 1. The van der Waals surface area contributed by atoms with Crippen molar-refractivity contribution in [1.82, 2.24) is 10.2 Å². The standard InChI is InChI=1S/C7H15N3O/c8-6-9-7(11)10-4-2-1-3-5-10/h1-6,8H2,(H,9,11). The van der Waals surface area contributed by atoms with Crippen molar-refractivity contribution >= 4 is 6.03 Å². The molecule has 0 saturated carbocycles. The Morgan fingerprint density at radius 3 is 2.55 bits per heavy atom. The molecule has 0 bridgehead atoms. The van der Waals surface area contributed by atoms with Crippen molar-refractivity contribution in [2.24, 2.45) is 5.73 Å². The molecule has 64 valence electrons. The van der Waals surface area contributed by atoms with E-state index in [0.29, 0.717) is 0 Å². The Morgan fingerprint density at radius 1 is 1.36 bits per heavy atom. The van der Waals surface area contributed by atoms with Crippen LogP contribution in [0.15, 0.2) is 0 Å². The molecule has 0 aromatic rings. The molecule has 0 atom stereocenters. The van der Waals surface area contributed by atoms with Gasteiger partial charge in [-0.3, -0.25) is 0 Å². The highest BCUT2D eigenvalue weighted by Crippen LogP contribution is 2.07. The lowest BCUT2D eigenvalue weighted by molar-refractivity contribution is 0.187. The van der Waals surface area contributed by atoms with Crippen molar-refractivity contribution in [3.63, 3.8) is 0 Å². The van der Waals surface area contributed by atoms with Gasteiger partial charge in [-0.05, 0) is 19.3 Å². The number of carbonyl (C=O) groups excluding carboxylic acids is 1. The van der Waals surface area contributed by atoms with Crippen LogP contribution in [0.25, 0.3) is 0 Å². The number of rotatable bonds is 1. The lowest BCUT2D eigenvalue weighted by Gasteiger charge is -2.26. The highest BCUT2D eigenvalue weighted by molar-refractivity contribution is 5.74. The van der Waals surface area contributed by atoms with Crippen LogP contribution in [0, 0.1) is 0 Å². The molecule has 3 N–H and O–H groups in total. The molecule has 4 heteroatoms. The Morgan fingerprint density at radius 2 is 2.00 bits per heavy atom. The van der Waals surface area contributed by atoms with Crippen molar-refractivity contribution < 1.29 is 4.79 Å². The van der Waals surface area contributed by atoms with Crippen LogP contribution in [0.3, 0.4) is 0 Å². The van der Waals surface area contributed by atoms with Crippen LogP contribution in [0.2, 0.25) is 0 Å². The quantitative estimate of drug-likeness (QED) is 0.530. The minimum absolute atomic E-state index is 0.0211. The van der Waals surface area contributed by atoms with Crippen LogP contribution in [0.5, 0.6) is 0 Å². The smallest absolute Gasteiger partial charge is 0.318 e. The average Bonchev–Trinajstić information content (AvgIpc) is 2.07. The maximum atomic E-state index is 11.1. The highest BCUT2D eigenvalue weighted by Gasteiger charge is 2.14. The fourth-order valence-electron chi connectivity index (χ4n) is 1.30. The SMILES string of the molecule is NCNC(=O)N1CCCCC1. The molecule has 1 aliphatic rings. The molecule has 0 aromatic carbocycles. The maximum Gasteiger partial charge on any atom is 0.318 e. The number of carbonyl (C=O) groups is 1. The first-order valence-corrected chi connectivity index (χ1v) is 4.07. The third kappa shape index (κ3) is 2.38. The largest absolute Gasteiger partial charge is 0.326 e. The summed E-state index contributed by atoms with van der Waals surface area (Å²) in [5.41, 5.74) is 5.18. The molecule has 0 radical (unpaired) electrons. The number of nitrogens with two attached hydrogens (primary N) is 1. The summed E-state index contributed by atoms with van der Waals surface area (Å²) in [6.45, 7) is 1.99. The maximum absolute atomic E-state index is 11.1. The molecule has 0 aliphatic carbocycles. The van der Waals surface area contributed by atoms with Gasteiger partial charge in [0.1, 0.15) is 0 Å². The topological polar surface area (TPSA) is 58.4 Å². The second-order valence-electron chi connectivity index (χ2n) is 2.73. The van der Waals surface area contributed by atoms with Gasteiger partial charge in [0.2, 0.25) is 0 Å². The van der Waals surface area contributed by atoms with Gasteiger partial charge in [-0.1, -0.05) is 0 Å². The second kappa shape index (κ2) is 4.18. The van der Waals surface area contributed by atoms with E-state index in [1.807, 2.05) is 4.90 Å². The zero-order chi connectivity index (χ0) is 8.10. The summed E-state index contributed by atoms with van der Waals surface area (Å²) in [6.07, 6.45) is 3.49. The molecule has 1 aliphatic heterocycles. The molecule has 1 fully saturated rings. The van der Waals surface area contributed by atoms with E-state index in [9.17, 15) is 4.79 Å². The Bertz CT molecular complexity index is 132. The Kier molecular flexibility index (Phi) is 3.16. The van der Waals surface area contributed by atoms with E-state index in [1.165, 1.54) is 6.42 Å². The number of amides is 2. The summed E-state index contributed by atoms with van der Waals surface area (Å²) >= 11 is 0. The van der Waals surface area contributed by atoms with Crippen molar-refractivity contribution in [2.45, 2.75) is 19.3 Å². The number of nitrogens with zero attached hydrogens (tertiary/aromatic N) is 1. The van der Waals surface area contributed by atoms with Crippen LogP contribution in [0.1, 0.15) is 19.3 Å². The molecule has 1 saturated heterocycles. The van der Waals surface area contributed by atoms with Gasteiger partial charge in [0.25, 0.3) is 0 Å². The molecule has 4 nitrogen and oxygen atoms in total. The number of hydrogen-bond acceptors (Lipinski definition) is 2. The highest BCUT2D eigenvalue weighted by atomic mass is 16.2. The number of hydrogen-bond donors (Lipinski definition) is 2. The minimum Gasteiger partial charge on any atom is -0.326 e. The van der Waals surface area contributed by atoms with Crippen LogP contribution < -0.4 is 11.1 Å². The number of urea groups is 1. The van der Waals surface area contributed by atoms with E-state index in [2.05, 4.69) is 5.32 Å². The first kappa shape index (κ1) is 8.33. The molecule has 1 heterocycles. The van der Waals surface area contributed by atoms with Crippen LogP contribution in [-0.4, -0.2) is 30.7 Å². The predicted molar refractivity (Wildman–Crippen MR) is 43.0 cm³/mol. The van der Waals surface area contributed by atoms with E-state index >= 15 is 0 Å². The fraction of sp³-hybridized carbons (Fsp3) is 0.857. The van der Waals surface area contributed by atoms with Gasteiger partial charge in [-0.25, -0.2) is 4.79 Å². The van der Waals surface area contributed by atoms with Crippen LogP contribution in [-0.2, 0) is 0 Å². The van der Waals surface area contributed by atoms with Gasteiger partial charge in [0.05, 0.1) is 6.67 Å². The molecule has 0 aromatic heterocycles. The van der Waals surface area contributed by atoms with E-state index in [-0.39, 0.29) is 12.7 Å². The monoisotopic (exact) mass is 157 g/mol. The summed E-state index contributed by atoms with van der Waals surface area (Å²) in [7, 11) is 0. The summed E-state index contributed by atoms with van der Waals surface area (Å²) < 4.78 is 0. The summed E-state index contributed by atoms with van der Waals surface area (Å²) in [5, 5.41) is 2.58. The number of piperidine rings is 1. The molecule has 0 unspecified atom stereocenters. The molecular weight excluding hydrogens is 142 g/mol. The molecular formula is C7H15N3O. The Hall–Kier alpha value is -0.770. The molecule has 2 amide bonds. The first-order valence-electron chi connectivity index (χ1n) is 4.07. The van der Waals surface area contributed by atoms with E-state index in [0.717, 1.165) is 25.9 Å². The summed E-state index contributed by atoms with van der Waals surface area (Å²) in [6, 6.07) is -0.0211. The zero-order valence-corrected chi connectivity index (χ0v) is 6.68. The van der Waals surface area contributed by atoms with Gasteiger partial charge in [0, 0.05) is 13.1 Å². The van der Waals surface area contributed by atoms with Gasteiger partial charge in [-0.15, -0.1) is 0 Å². The molecule has 1 rings (SSSR count). The van der Waals surface area contributed by atoms with Crippen molar-refractivity contribution in [2.75, 3.05) is 19.8 Å². The normalized spacial score (nSPS) is 18.1. The Balaban J connectivity index is 2.27. The van der Waals surface area contributed by atoms with E-state index < -0.39 is 0 Å². The summed E-state index contributed by atoms with van der Waals surface area (Å²) in [5.74, 6) is 0.